The molecule has 0 saturated heterocycles. The van der Waals surface area contributed by atoms with E-state index in [1.165, 1.54) is 5.56 Å². The van der Waals surface area contributed by atoms with Crippen LogP contribution < -0.4 is 0 Å². The summed E-state index contributed by atoms with van der Waals surface area (Å²) in [5.74, 6) is 1.74. The summed E-state index contributed by atoms with van der Waals surface area (Å²) < 4.78 is 13.0. The molecule has 16 heavy (non-hydrogen) atoms. The van der Waals surface area contributed by atoms with Gasteiger partial charge in [0.15, 0.2) is 0 Å². The van der Waals surface area contributed by atoms with Crippen molar-refractivity contribution < 1.29 is 4.39 Å². The molecule has 0 bridgehead atoms. The van der Waals surface area contributed by atoms with Crippen LogP contribution in [-0.4, -0.2) is 16.1 Å². The van der Waals surface area contributed by atoms with E-state index in [0.717, 1.165) is 18.7 Å². The lowest BCUT2D eigenvalue weighted by molar-refractivity contribution is 0.232. The molecule has 0 unspecified atom stereocenters. The van der Waals surface area contributed by atoms with E-state index in [1.807, 2.05) is 12.4 Å². The normalized spacial score (nSPS) is 26.0. The van der Waals surface area contributed by atoms with Crippen LogP contribution in [0.15, 0.2) is 12.4 Å². The van der Waals surface area contributed by atoms with Gasteiger partial charge in [-0.2, -0.15) is 0 Å². The van der Waals surface area contributed by atoms with Gasteiger partial charge in [-0.1, -0.05) is 13.8 Å². The van der Waals surface area contributed by atoms with Gasteiger partial charge in [0, 0.05) is 18.3 Å². The molecule has 1 fully saturated rings. The standard InChI is InChI=1S/C13H19FN2/c1-9(2)11-7-15-13(16-8-11)10-3-5-12(14)6-4-10/h7-10,12H,3-6H2,1-2H3. The highest BCUT2D eigenvalue weighted by atomic mass is 19.1. The molecule has 0 spiro atoms. The molecule has 1 aromatic heterocycles. The molecule has 88 valence electrons. The number of rotatable bonds is 2. The van der Waals surface area contributed by atoms with Crippen LogP contribution in [0.3, 0.4) is 0 Å². The third kappa shape index (κ3) is 2.57. The van der Waals surface area contributed by atoms with Crippen molar-refractivity contribution in [1.82, 2.24) is 9.97 Å². The van der Waals surface area contributed by atoms with E-state index >= 15 is 0 Å². The molecule has 0 N–H and O–H groups in total. The summed E-state index contributed by atoms with van der Waals surface area (Å²) in [5.41, 5.74) is 1.17. The number of halogens is 1. The smallest absolute Gasteiger partial charge is 0.131 e. The van der Waals surface area contributed by atoms with Crippen molar-refractivity contribution in [3.8, 4) is 0 Å². The summed E-state index contributed by atoms with van der Waals surface area (Å²) in [5, 5.41) is 0. The second-order valence-electron chi connectivity index (χ2n) is 4.98. The fraction of sp³-hybridized carbons (Fsp3) is 0.692. The zero-order chi connectivity index (χ0) is 11.5. The molecule has 1 aromatic rings. The predicted molar refractivity (Wildman–Crippen MR) is 62.2 cm³/mol. The highest BCUT2D eigenvalue weighted by Gasteiger charge is 2.23. The van der Waals surface area contributed by atoms with Crippen molar-refractivity contribution in [2.24, 2.45) is 0 Å². The molecule has 0 atom stereocenters. The minimum Gasteiger partial charge on any atom is -0.247 e. The molecular weight excluding hydrogens is 203 g/mol. The maximum absolute atomic E-state index is 13.0. The first kappa shape index (κ1) is 11.5. The van der Waals surface area contributed by atoms with Gasteiger partial charge in [0.1, 0.15) is 12.0 Å². The van der Waals surface area contributed by atoms with Crippen molar-refractivity contribution in [1.29, 1.82) is 0 Å². The Labute approximate surface area is 96.3 Å². The van der Waals surface area contributed by atoms with Crippen LogP contribution in [0, 0.1) is 0 Å². The summed E-state index contributed by atoms with van der Waals surface area (Å²) in [6, 6.07) is 0. The fourth-order valence-corrected chi connectivity index (χ4v) is 2.17. The minimum absolute atomic E-state index is 0.369. The van der Waals surface area contributed by atoms with Crippen LogP contribution in [0.2, 0.25) is 0 Å². The molecule has 0 amide bonds. The van der Waals surface area contributed by atoms with Gasteiger partial charge in [0.2, 0.25) is 0 Å². The first-order chi connectivity index (χ1) is 7.66. The third-order valence-electron chi connectivity index (χ3n) is 3.38. The monoisotopic (exact) mass is 222 g/mol. The molecular formula is C13H19FN2. The molecule has 0 aromatic carbocycles. The highest BCUT2D eigenvalue weighted by Crippen LogP contribution is 2.32. The first-order valence-corrected chi connectivity index (χ1v) is 6.12. The Balaban J connectivity index is 2.04. The minimum atomic E-state index is -0.605. The van der Waals surface area contributed by atoms with E-state index in [1.54, 1.807) is 0 Å². The van der Waals surface area contributed by atoms with Gasteiger partial charge >= 0.3 is 0 Å². The fourth-order valence-electron chi connectivity index (χ4n) is 2.17. The van der Waals surface area contributed by atoms with Crippen molar-refractivity contribution in [3.63, 3.8) is 0 Å². The summed E-state index contributed by atoms with van der Waals surface area (Å²) in [6.07, 6.45) is 6.33. The van der Waals surface area contributed by atoms with Crippen molar-refractivity contribution in [3.05, 3.63) is 23.8 Å². The second kappa shape index (κ2) is 4.89. The molecule has 1 aliphatic rings. The molecule has 2 rings (SSSR count). The lowest BCUT2D eigenvalue weighted by atomic mass is 9.87. The summed E-state index contributed by atoms with van der Waals surface area (Å²) in [7, 11) is 0. The van der Waals surface area contributed by atoms with Crippen molar-refractivity contribution in [2.45, 2.75) is 57.5 Å². The molecule has 3 heteroatoms. The van der Waals surface area contributed by atoms with Gasteiger partial charge in [-0.25, -0.2) is 14.4 Å². The predicted octanol–water partition coefficient (Wildman–Crippen LogP) is 3.60. The van der Waals surface area contributed by atoms with Gasteiger partial charge in [-0.15, -0.1) is 0 Å². The van der Waals surface area contributed by atoms with Crippen LogP contribution in [0.5, 0.6) is 0 Å². The van der Waals surface area contributed by atoms with Crippen LogP contribution in [0.25, 0.3) is 0 Å². The van der Waals surface area contributed by atoms with Crippen molar-refractivity contribution in [2.75, 3.05) is 0 Å². The van der Waals surface area contributed by atoms with Crippen LogP contribution in [-0.2, 0) is 0 Å². The molecule has 2 nitrogen and oxygen atoms in total. The third-order valence-corrected chi connectivity index (χ3v) is 3.38. The van der Waals surface area contributed by atoms with Gasteiger partial charge in [0.05, 0.1) is 0 Å². The van der Waals surface area contributed by atoms with Gasteiger partial charge in [-0.3, -0.25) is 0 Å². The van der Waals surface area contributed by atoms with E-state index in [-0.39, 0.29) is 0 Å². The first-order valence-electron chi connectivity index (χ1n) is 6.12. The molecule has 1 aliphatic carbocycles. The summed E-state index contributed by atoms with van der Waals surface area (Å²) >= 11 is 0. The van der Waals surface area contributed by atoms with Crippen LogP contribution in [0.1, 0.15) is 62.8 Å². The number of hydrogen-bond acceptors (Lipinski definition) is 2. The summed E-state index contributed by atoms with van der Waals surface area (Å²) in [4.78, 5) is 8.83. The van der Waals surface area contributed by atoms with E-state index in [9.17, 15) is 4.39 Å². The van der Waals surface area contributed by atoms with Crippen LogP contribution >= 0.6 is 0 Å². The molecule has 0 aliphatic heterocycles. The number of hydrogen-bond donors (Lipinski definition) is 0. The maximum atomic E-state index is 13.0. The Morgan fingerprint density at radius 1 is 1.12 bits per heavy atom. The largest absolute Gasteiger partial charge is 0.247 e. The highest BCUT2D eigenvalue weighted by molar-refractivity contribution is 5.11. The quantitative estimate of drug-likeness (QED) is 0.764. The Kier molecular flexibility index (Phi) is 3.52. The van der Waals surface area contributed by atoms with E-state index < -0.39 is 6.17 Å². The number of nitrogens with zero attached hydrogens (tertiary/aromatic N) is 2. The topological polar surface area (TPSA) is 25.8 Å². The summed E-state index contributed by atoms with van der Waals surface area (Å²) in [6.45, 7) is 4.26. The van der Waals surface area contributed by atoms with Crippen LogP contribution in [0.4, 0.5) is 4.39 Å². The average molecular weight is 222 g/mol. The average Bonchev–Trinajstić information content (AvgIpc) is 2.30. The Bertz CT molecular complexity index is 326. The molecule has 1 heterocycles. The number of alkyl halides is 1. The van der Waals surface area contributed by atoms with Gasteiger partial charge in [-0.05, 0) is 37.2 Å². The molecule has 1 saturated carbocycles. The lowest BCUT2D eigenvalue weighted by Crippen LogP contribution is -2.15. The Hall–Kier alpha value is -0.990. The van der Waals surface area contributed by atoms with Crippen molar-refractivity contribution >= 4 is 0 Å². The Morgan fingerprint density at radius 2 is 1.69 bits per heavy atom. The Morgan fingerprint density at radius 3 is 2.19 bits per heavy atom. The van der Waals surface area contributed by atoms with Gasteiger partial charge < -0.3 is 0 Å². The number of aromatic nitrogens is 2. The second-order valence-corrected chi connectivity index (χ2v) is 4.98. The zero-order valence-electron chi connectivity index (χ0n) is 9.99. The van der Waals surface area contributed by atoms with E-state index in [0.29, 0.717) is 24.7 Å². The zero-order valence-corrected chi connectivity index (χ0v) is 9.99. The SMILES string of the molecule is CC(C)c1cnc(C2CCC(F)CC2)nc1. The van der Waals surface area contributed by atoms with E-state index in [2.05, 4.69) is 23.8 Å². The maximum Gasteiger partial charge on any atom is 0.131 e. The molecule has 0 radical (unpaired) electrons. The lowest BCUT2D eigenvalue weighted by Gasteiger charge is -2.22. The van der Waals surface area contributed by atoms with E-state index in [4.69, 9.17) is 0 Å². The van der Waals surface area contributed by atoms with Gasteiger partial charge in [0.25, 0.3) is 0 Å².